The summed E-state index contributed by atoms with van der Waals surface area (Å²) >= 11 is 0. The van der Waals surface area contributed by atoms with E-state index in [1.54, 1.807) is 42.5 Å². The molecule has 0 aliphatic heterocycles. The Balaban J connectivity index is 1.53. The SMILES string of the molecule is O=c1c2ccccc2c(-c2ccc(Oc3ccc([N+](=O)[O-])cc3)cc2)nn1-c1ccc([N+](=O)[O-])cc1. The number of ether oxygens (including phenoxy) is 1. The molecule has 1 aromatic heterocycles. The van der Waals surface area contributed by atoms with Crippen LogP contribution in [0, 0.1) is 20.2 Å². The van der Waals surface area contributed by atoms with Gasteiger partial charge in [-0.1, -0.05) is 18.2 Å². The van der Waals surface area contributed by atoms with E-state index < -0.39 is 9.85 Å². The van der Waals surface area contributed by atoms with Gasteiger partial charge in [-0.25, -0.2) is 0 Å². The lowest BCUT2D eigenvalue weighted by Crippen LogP contribution is -2.22. The molecule has 4 aromatic carbocycles. The number of nitro groups is 2. The highest BCUT2D eigenvalue weighted by Crippen LogP contribution is 2.29. The Bertz CT molecular complexity index is 1660. The Morgan fingerprint density at radius 3 is 1.72 bits per heavy atom. The third-order valence-corrected chi connectivity index (χ3v) is 5.52. The van der Waals surface area contributed by atoms with E-state index in [0.29, 0.717) is 33.7 Å². The largest absolute Gasteiger partial charge is 0.457 e. The van der Waals surface area contributed by atoms with E-state index in [1.165, 1.54) is 53.2 Å². The molecule has 36 heavy (non-hydrogen) atoms. The van der Waals surface area contributed by atoms with Crippen molar-refractivity contribution >= 4 is 22.1 Å². The molecule has 176 valence electrons. The van der Waals surface area contributed by atoms with Crippen LogP contribution in [0.1, 0.15) is 0 Å². The van der Waals surface area contributed by atoms with Crippen LogP contribution in [0.2, 0.25) is 0 Å². The van der Waals surface area contributed by atoms with Gasteiger partial charge in [0, 0.05) is 35.2 Å². The molecule has 0 saturated heterocycles. The molecule has 0 saturated carbocycles. The molecule has 5 rings (SSSR count). The van der Waals surface area contributed by atoms with Gasteiger partial charge in [0.1, 0.15) is 11.5 Å². The van der Waals surface area contributed by atoms with E-state index >= 15 is 0 Å². The lowest BCUT2D eigenvalue weighted by molar-refractivity contribution is -0.385. The summed E-state index contributed by atoms with van der Waals surface area (Å²) in [5.74, 6) is 0.962. The van der Waals surface area contributed by atoms with E-state index in [1.807, 2.05) is 6.07 Å². The van der Waals surface area contributed by atoms with Crippen molar-refractivity contribution in [2.24, 2.45) is 0 Å². The van der Waals surface area contributed by atoms with Gasteiger partial charge >= 0.3 is 0 Å². The summed E-state index contributed by atoms with van der Waals surface area (Å²) in [6.45, 7) is 0. The molecule has 10 heteroatoms. The first kappa shape index (κ1) is 22.4. The highest BCUT2D eigenvalue weighted by Gasteiger charge is 2.15. The Morgan fingerprint density at radius 1 is 0.667 bits per heavy atom. The minimum absolute atomic E-state index is 0.0289. The van der Waals surface area contributed by atoms with Crippen molar-refractivity contribution < 1.29 is 14.6 Å². The average Bonchev–Trinajstić information content (AvgIpc) is 2.90. The second-order valence-electron chi connectivity index (χ2n) is 7.76. The zero-order valence-corrected chi connectivity index (χ0v) is 18.5. The molecular weight excluding hydrogens is 464 g/mol. The molecular formula is C26H16N4O6. The van der Waals surface area contributed by atoms with Crippen LogP contribution < -0.4 is 10.3 Å². The van der Waals surface area contributed by atoms with E-state index in [-0.39, 0.29) is 16.9 Å². The van der Waals surface area contributed by atoms with Crippen molar-refractivity contribution in [1.29, 1.82) is 0 Å². The average molecular weight is 480 g/mol. The molecule has 0 atom stereocenters. The van der Waals surface area contributed by atoms with Gasteiger partial charge < -0.3 is 4.74 Å². The van der Waals surface area contributed by atoms with Gasteiger partial charge in [-0.2, -0.15) is 9.78 Å². The Morgan fingerprint density at radius 2 is 1.17 bits per heavy atom. The van der Waals surface area contributed by atoms with Crippen LogP contribution in [0.15, 0.2) is 102 Å². The normalized spacial score (nSPS) is 10.8. The minimum Gasteiger partial charge on any atom is -0.457 e. The number of non-ortho nitro benzene ring substituents is 2. The fourth-order valence-corrected chi connectivity index (χ4v) is 3.75. The van der Waals surface area contributed by atoms with Gasteiger partial charge in [0.2, 0.25) is 0 Å². The van der Waals surface area contributed by atoms with Crippen LogP contribution in [0.4, 0.5) is 11.4 Å². The first-order valence-electron chi connectivity index (χ1n) is 10.7. The number of fused-ring (bicyclic) bond motifs is 1. The fourth-order valence-electron chi connectivity index (χ4n) is 3.75. The number of hydrogen-bond donors (Lipinski definition) is 0. The predicted molar refractivity (Wildman–Crippen MR) is 133 cm³/mol. The van der Waals surface area contributed by atoms with Crippen LogP contribution in [0.25, 0.3) is 27.7 Å². The molecule has 0 bridgehead atoms. The summed E-state index contributed by atoms with van der Waals surface area (Å²) in [6, 6.07) is 25.5. The minimum atomic E-state index is -0.508. The van der Waals surface area contributed by atoms with Crippen LogP contribution >= 0.6 is 0 Å². The third-order valence-electron chi connectivity index (χ3n) is 5.52. The van der Waals surface area contributed by atoms with Gasteiger partial charge in [0.25, 0.3) is 16.9 Å². The number of hydrogen-bond acceptors (Lipinski definition) is 7. The van der Waals surface area contributed by atoms with Gasteiger partial charge in [-0.05, 0) is 54.6 Å². The number of benzene rings is 4. The van der Waals surface area contributed by atoms with E-state index in [0.717, 1.165) is 5.56 Å². The molecule has 0 amide bonds. The number of nitrogens with zero attached hydrogens (tertiary/aromatic N) is 4. The van der Waals surface area contributed by atoms with Crippen molar-refractivity contribution in [3.8, 4) is 28.4 Å². The first-order chi connectivity index (χ1) is 17.4. The molecule has 1 heterocycles. The predicted octanol–water partition coefficient (Wildman–Crippen LogP) is 5.66. The Kier molecular flexibility index (Phi) is 5.67. The van der Waals surface area contributed by atoms with E-state index in [9.17, 15) is 25.0 Å². The number of nitro benzene ring substituents is 2. The number of aromatic nitrogens is 2. The zero-order chi connectivity index (χ0) is 25.2. The summed E-state index contributed by atoms with van der Waals surface area (Å²) < 4.78 is 7.01. The maximum absolute atomic E-state index is 13.2. The second-order valence-corrected chi connectivity index (χ2v) is 7.76. The van der Waals surface area contributed by atoms with E-state index in [2.05, 4.69) is 5.10 Å². The van der Waals surface area contributed by atoms with Crippen LogP contribution in [-0.2, 0) is 0 Å². The number of rotatable bonds is 6. The topological polar surface area (TPSA) is 130 Å². The second kappa shape index (κ2) is 9.11. The standard InChI is InChI=1S/C26H16N4O6/c31-26-24-4-2-1-3-23(24)25(27-28(26)18-7-9-19(10-8-18)29(32)33)17-5-13-21(14-6-17)36-22-15-11-20(12-16-22)30(34)35/h1-16H. The highest BCUT2D eigenvalue weighted by atomic mass is 16.6. The van der Waals surface area contributed by atoms with Gasteiger partial charge in [0.05, 0.1) is 26.6 Å². The molecule has 0 radical (unpaired) electrons. The van der Waals surface area contributed by atoms with Gasteiger partial charge in [-0.3, -0.25) is 25.0 Å². The fraction of sp³-hybridized carbons (Fsp3) is 0. The molecule has 0 spiro atoms. The Labute approximate surface area is 202 Å². The molecule has 0 N–H and O–H groups in total. The summed E-state index contributed by atoms with van der Waals surface area (Å²) in [4.78, 5) is 34.0. The first-order valence-corrected chi connectivity index (χ1v) is 10.7. The summed E-state index contributed by atoms with van der Waals surface area (Å²) in [5, 5.41) is 27.5. The van der Waals surface area contributed by atoms with E-state index in [4.69, 9.17) is 4.74 Å². The van der Waals surface area contributed by atoms with Crippen LogP contribution in [-0.4, -0.2) is 19.6 Å². The lowest BCUT2D eigenvalue weighted by atomic mass is 10.0. The lowest BCUT2D eigenvalue weighted by Gasteiger charge is -2.12. The van der Waals surface area contributed by atoms with Gasteiger partial charge in [-0.15, -0.1) is 0 Å². The molecule has 0 unspecified atom stereocenters. The van der Waals surface area contributed by atoms with Crippen molar-refractivity contribution in [2.75, 3.05) is 0 Å². The maximum atomic E-state index is 13.2. The zero-order valence-electron chi connectivity index (χ0n) is 18.5. The van der Waals surface area contributed by atoms with Crippen molar-refractivity contribution in [1.82, 2.24) is 9.78 Å². The Hall–Kier alpha value is -5.38. The summed E-state index contributed by atoms with van der Waals surface area (Å²) in [6.07, 6.45) is 0. The molecule has 0 aliphatic carbocycles. The molecule has 10 nitrogen and oxygen atoms in total. The molecule has 5 aromatic rings. The van der Waals surface area contributed by atoms with Crippen molar-refractivity contribution in [2.45, 2.75) is 0 Å². The highest BCUT2D eigenvalue weighted by molar-refractivity contribution is 5.94. The monoisotopic (exact) mass is 480 g/mol. The van der Waals surface area contributed by atoms with Crippen molar-refractivity contribution in [3.63, 3.8) is 0 Å². The molecule has 0 fully saturated rings. The smallest absolute Gasteiger partial charge is 0.279 e. The van der Waals surface area contributed by atoms with Crippen LogP contribution in [0.5, 0.6) is 11.5 Å². The summed E-state index contributed by atoms with van der Waals surface area (Å²) in [5.41, 5.74) is 1.20. The third kappa shape index (κ3) is 4.26. The van der Waals surface area contributed by atoms with Crippen LogP contribution in [0.3, 0.4) is 0 Å². The maximum Gasteiger partial charge on any atom is 0.279 e. The summed E-state index contributed by atoms with van der Waals surface area (Å²) in [7, 11) is 0. The van der Waals surface area contributed by atoms with Crippen molar-refractivity contribution in [3.05, 3.63) is 128 Å². The molecule has 0 aliphatic rings. The van der Waals surface area contributed by atoms with Gasteiger partial charge in [0.15, 0.2) is 0 Å². The quantitative estimate of drug-likeness (QED) is 0.226.